The molecule has 3 heteroatoms. The SMILES string of the molecule is CC1CCN(C(=O)CC(CN)c2cccc3ccccc23)CC1. The summed E-state index contributed by atoms with van der Waals surface area (Å²) < 4.78 is 0. The highest BCUT2D eigenvalue weighted by molar-refractivity contribution is 5.87. The quantitative estimate of drug-likeness (QED) is 0.939. The maximum absolute atomic E-state index is 12.7. The van der Waals surface area contributed by atoms with Crippen LogP contribution in [0.15, 0.2) is 42.5 Å². The van der Waals surface area contributed by atoms with E-state index in [9.17, 15) is 4.79 Å². The van der Waals surface area contributed by atoms with Crippen LogP contribution in [0.2, 0.25) is 0 Å². The van der Waals surface area contributed by atoms with Crippen molar-refractivity contribution in [2.24, 2.45) is 11.7 Å². The maximum atomic E-state index is 12.7. The minimum atomic E-state index is 0.0907. The molecule has 2 N–H and O–H groups in total. The van der Waals surface area contributed by atoms with Gasteiger partial charge in [0.15, 0.2) is 0 Å². The molecule has 1 amide bonds. The van der Waals surface area contributed by atoms with E-state index in [1.165, 1.54) is 16.3 Å². The lowest BCUT2D eigenvalue weighted by molar-refractivity contribution is -0.132. The summed E-state index contributed by atoms with van der Waals surface area (Å²) in [4.78, 5) is 14.7. The van der Waals surface area contributed by atoms with Gasteiger partial charge in [0, 0.05) is 25.4 Å². The van der Waals surface area contributed by atoms with Gasteiger partial charge in [0.25, 0.3) is 0 Å². The largest absolute Gasteiger partial charge is 0.343 e. The van der Waals surface area contributed by atoms with Crippen LogP contribution in [-0.2, 0) is 4.79 Å². The molecule has 2 aromatic rings. The number of rotatable bonds is 4. The Hall–Kier alpha value is -1.87. The van der Waals surface area contributed by atoms with Crippen molar-refractivity contribution in [1.82, 2.24) is 4.90 Å². The van der Waals surface area contributed by atoms with Crippen LogP contribution in [0, 0.1) is 5.92 Å². The predicted molar refractivity (Wildman–Crippen MR) is 95.3 cm³/mol. The summed E-state index contributed by atoms with van der Waals surface area (Å²) in [7, 11) is 0. The first-order chi connectivity index (χ1) is 11.2. The Morgan fingerprint density at radius 2 is 1.87 bits per heavy atom. The number of fused-ring (bicyclic) bond motifs is 1. The van der Waals surface area contributed by atoms with E-state index < -0.39 is 0 Å². The number of amides is 1. The molecule has 1 atom stereocenters. The molecule has 3 nitrogen and oxygen atoms in total. The number of carbonyl (C=O) groups is 1. The molecule has 1 aliphatic rings. The molecule has 1 aliphatic heterocycles. The molecule has 1 saturated heterocycles. The summed E-state index contributed by atoms with van der Waals surface area (Å²) >= 11 is 0. The molecular weight excluding hydrogens is 284 g/mol. The lowest BCUT2D eigenvalue weighted by Gasteiger charge is -2.31. The number of hydrogen-bond donors (Lipinski definition) is 1. The van der Waals surface area contributed by atoms with Crippen LogP contribution in [0.1, 0.15) is 37.7 Å². The summed E-state index contributed by atoms with van der Waals surface area (Å²) in [6, 6.07) is 14.6. The van der Waals surface area contributed by atoms with Crippen molar-refractivity contribution in [1.29, 1.82) is 0 Å². The molecular formula is C20H26N2O. The van der Waals surface area contributed by atoms with Gasteiger partial charge < -0.3 is 10.6 Å². The third-order valence-corrected chi connectivity index (χ3v) is 5.11. The molecule has 1 unspecified atom stereocenters. The van der Waals surface area contributed by atoms with Crippen LogP contribution in [0.3, 0.4) is 0 Å². The van der Waals surface area contributed by atoms with Crippen molar-refractivity contribution in [3.05, 3.63) is 48.0 Å². The molecule has 0 spiro atoms. The van der Waals surface area contributed by atoms with Gasteiger partial charge in [-0.05, 0) is 41.6 Å². The average Bonchev–Trinajstić information content (AvgIpc) is 2.59. The van der Waals surface area contributed by atoms with E-state index in [0.717, 1.165) is 31.8 Å². The summed E-state index contributed by atoms with van der Waals surface area (Å²) in [5.41, 5.74) is 7.22. The zero-order valence-electron chi connectivity index (χ0n) is 13.9. The first-order valence-corrected chi connectivity index (χ1v) is 8.64. The van der Waals surface area contributed by atoms with Crippen LogP contribution in [0.25, 0.3) is 10.8 Å². The van der Waals surface area contributed by atoms with E-state index in [-0.39, 0.29) is 11.8 Å². The van der Waals surface area contributed by atoms with Gasteiger partial charge in [-0.1, -0.05) is 49.4 Å². The van der Waals surface area contributed by atoms with Crippen molar-refractivity contribution in [2.45, 2.75) is 32.1 Å². The Labute approximate surface area is 138 Å². The molecule has 1 fully saturated rings. The standard InChI is InChI=1S/C20H26N2O/c1-15-9-11-22(12-10-15)20(23)13-17(14-21)19-8-4-6-16-5-2-3-7-18(16)19/h2-8,15,17H,9-14,21H2,1H3. The highest BCUT2D eigenvalue weighted by Gasteiger charge is 2.24. The number of nitrogens with two attached hydrogens (primary N) is 1. The Kier molecular flexibility index (Phi) is 4.97. The van der Waals surface area contributed by atoms with Crippen molar-refractivity contribution < 1.29 is 4.79 Å². The van der Waals surface area contributed by atoms with Gasteiger partial charge in [-0.2, -0.15) is 0 Å². The van der Waals surface area contributed by atoms with Crippen LogP contribution in [-0.4, -0.2) is 30.4 Å². The number of carbonyl (C=O) groups excluding carboxylic acids is 1. The fraction of sp³-hybridized carbons (Fsp3) is 0.450. The first-order valence-electron chi connectivity index (χ1n) is 8.64. The summed E-state index contributed by atoms with van der Waals surface area (Å²) in [5, 5.41) is 2.42. The third kappa shape index (κ3) is 3.56. The molecule has 0 bridgehead atoms. The number of piperidine rings is 1. The Morgan fingerprint density at radius 1 is 1.17 bits per heavy atom. The molecule has 3 rings (SSSR count). The minimum Gasteiger partial charge on any atom is -0.343 e. The number of likely N-dealkylation sites (tertiary alicyclic amines) is 1. The highest BCUT2D eigenvalue weighted by Crippen LogP contribution is 2.28. The molecule has 2 aromatic carbocycles. The van der Waals surface area contributed by atoms with Gasteiger partial charge in [0.2, 0.25) is 5.91 Å². The molecule has 0 saturated carbocycles. The van der Waals surface area contributed by atoms with Gasteiger partial charge in [0.05, 0.1) is 0 Å². The smallest absolute Gasteiger partial charge is 0.223 e. The van der Waals surface area contributed by atoms with Crippen molar-refractivity contribution in [3.63, 3.8) is 0 Å². The molecule has 0 radical (unpaired) electrons. The lowest BCUT2D eigenvalue weighted by Crippen LogP contribution is -2.39. The topological polar surface area (TPSA) is 46.3 Å². The second kappa shape index (κ2) is 7.14. The highest BCUT2D eigenvalue weighted by atomic mass is 16.2. The molecule has 0 aromatic heterocycles. The van der Waals surface area contributed by atoms with Crippen molar-refractivity contribution in [2.75, 3.05) is 19.6 Å². The first kappa shape index (κ1) is 16.0. The Morgan fingerprint density at radius 3 is 2.61 bits per heavy atom. The lowest BCUT2D eigenvalue weighted by atomic mass is 9.90. The fourth-order valence-electron chi connectivity index (χ4n) is 3.52. The maximum Gasteiger partial charge on any atom is 0.223 e. The second-order valence-electron chi connectivity index (χ2n) is 6.77. The van der Waals surface area contributed by atoms with E-state index in [1.54, 1.807) is 0 Å². The van der Waals surface area contributed by atoms with Crippen LogP contribution in [0.5, 0.6) is 0 Å². The molecule has 122 valence electrons. The second-order valence-corrected chi connectivity index (χ2v) is 6.77. The van der Waals surface area contributed by atoms with Gasteiger partial charge in [-0.3, -0.25) is 4.79 Å². The van der Waals surface area contributed by atoms with E-state index in [2.05, 4.69) is 37.3 Å². The van der Waals surface area contributed by atoms with Gasteiger partial charge in [0.1, 0.15) is 0 Å². The third-order valence-electron chi connectivity index (χ3n) is 5.11. The van der Waals surface area contributed by atoms with E-state index >= 15 is 0 Å². The summed E-state index contributed by atoms with van der Waals surface area (Å²) in [5.74, 6) is 1.08. The number of hydrogen-bond acceptors (Lipinski definition) is 2. The van der Waals surface area contributed by atoms with Crippen molar-refractivity contribution in [3.8, 4) is 0 Å². The summed E-state index contributed by atoms with van der Waals surface area (Å²) in [6.45, 7) is 4.56. The van der Waals surface area contributed by atoms with E-state index in [0.29, 0.717) is 13.0 Å². The zero-order chi connectivity index (χ0) is 16.2. The summed E-state index contributed by atoms with van der Waals surface area (Å²) in [6.07, 6.45) is 2.75. The van der Waals surface area contributed by atoms with Crippen LogP contribution in [0.4, 0.5) is 0 Å². The van der Waals surface area contributed by atoms with Crippen LogP contribution >= 0.6 is 0 Å². The van der Waals surface area contributed by atoms with Gasteiger partial charge in [-0.25, -0.2) is 0 Å². The molecule has 23 heavy (non-hydrogen) atoms. The predicted octanol–water partition coefficient (Wildman–Crippen LogP) is 3.53. The van der Waals surface area contributed by atoms with Crippen LogP contribution < -0.4 is 5.73 Å². The Balaban J connectivity index is 1.78. The zero-order valence-corrected chi connectivity index (χ0v) is 13.9. The van der Waals surface area contributed by atoms with Gasteiger partial charge in [-0.15, -0.1) is 0 Å². The van der Waals surface area contributed by atoms with E-state index in [1.807, 2.05) is 17.0 Å². The van der Waals surface area contributed by atoms with Gasteiger partial charge >= 0.3 is 0 Å². The normalized spacial score (nSPS) is 17.4. The molecule has 0 aliphatic carbocycles. The Bertz CT molecular complexity index is 669. The number of benzene rings is 2. The molecule has 1 heterocycles. The van der Waals surface area contributed by atoms with Crippen molar-refractivity contribution >= 4 is 16.7 Å². The monoisotopic (exact) mass is 310 g/mol. The van der Waals surface area contributed by atoms with E-state index in [4.69, 9.17) is 5.73 Å². The fourth-order valence-corrected chi connectivity index (χ4v) is 3.52. The minimum absolute atomic E-state index is 0.0907. The average molecular weight is 310 g/mol. The number of nitrogens with zero attached hydrogens (tertiary/aromatic N) is 1.